The van der Waals surface area contributed by atoms with E-state index in [0.29, 0.717) is 5.82 Å². The van der Waals surface area contributed by atoms with Gasteiger partial charge in [0.1, 0.15) is 10.4 Å². The summed E-state index contributed by atoms with van der Waals surface area (Å²) in [5.74, 6) is 7.79. The van der Waals surface area contributed by atoms with Gasteiger partial charge >= 0.3 is 0 Å². The van der Waals surface area contributed by atoms with Crippen LogP contribution in [0.2, 0.25) is 0 Å². The molecule has 1 saturated carbocycles. The zero-order chi connectivity index (χ0) is 14.2. The maximum Gasteiger partial charge on any atom is 0.164 e. The molecule has 0 unspecified atom stereocenters. The van der Waals surface area contributed by atoms with Gasteiger partial charge in [-0.2, -0.15) is 0 Å². The van der Waals surface area contributed by atoms with Crippen molar-refractivity contribution in [2.24, 2.45) is 11.8 Å². The van der Waals surface area contributed by atoms with Crippen molar-refractivity contribution in [1.29, 1.82) is 0 Å². The summed E-state index contributed by atoms with van der Waals surface area (Å²) < 4.78 is 5.85. The van der Waals surface area contributed by atoms with Crippen molar-refractivity contribution in [2.45, 2.75) is 38.2 Å². The molecular formula is C14H20N4OS. The fourth-order valence-corrected chi connectivity index (χ4v) is 3.68. The Morgan fingerprint density at radius 1 is 1.40 bits per heavy atom. The minimum absolute atomic E-state index is 0.365. The van der Waals surface area contributed by atoms with Crippen molar-refractivity contribution in [3.63, 3.8) is 0 Å². The highest BCUT2D eigenvalue weighted by Crippen LogP contribution is 2.41. The monoisotopic (exact) mass is 292 g/mol. The van der Waals surface area contributed by atoms with Gasteiger partial charge < -0.3 is 10.2 Å². The van der Waals surface area contributed by atoms with Crippen LogP contribution in [0.25, 0.3) is 10.2 Å². The zero-order valence-corrected chi connectivity index (χ0v) is 12.7. The quantitative estimate of drug-likeness (QED) is 0.672. The molecule has 0 atom stereocenters. The Labute approximate surface area is 122 Å². The number of hydrogen-bond donors (Lipinski definition) is 2. The van der Waals surface area contributed by atoms with Gasteiger partial charge in [0.15, 0.2) is 11.6 Å². The summed E-state index contributed by atoms with van der Waals surface area (Å²) in [4.78, 5) is 10.3. The predicted octanol–water partition coefficient (Wildman–Crippen LogP) is 3.03. The van der Waals surface area contributed by atoms with Crippen molar-refractivity contribution in [3.05, 3.63) is 17.3 Å². The summed E-state index contributed by atoms with van der Waals surface area (Å²) in [6.45, 7) is 2.29. The number of ether oxygens (including phenoxy) is 1. The van der Waals surface area contributed by atoms with Crippen LogP contribution in [0.4, 0.5) is 5.82 Å². The third-order valence-corrected chi connectivity index (χ3v) is 5.15. The van der Waals surface area contributed by atoms with E-state index in [1.807, 2.05) is 11.4 Å². The molecule has 0 aromatic carbocycles. The molecule has 2 aromatic rings. The number of anilines is 1. The van der Waals surface area contributed by atoms with E-state index in [1.54, 1.807) is 18.4 Å². The number of nitrogens with one attached hydrogen (secondary N) is 1. The van der Waals surface area contributed by atoms with E-state index in [4.69, 9.17) is 15.6 Å². The Morgan fingerprint density at radius 2 is 2.15 bits per heavy atom. The molecule has 0 spiro atoms. The summed E-state index contributed by atoms with van der Waals surface area (Å²) in [6.07, 6.45) is 4.22. The lowest BCUT2D eigenvalue weighted by molar-refractivity contribution is -0.0593. The Morgan fingerprint density at radius 3 is 2.80 bits per heavy atom. The number of nitrogen functional groups attached to an aromatic ring is 1. The number of thiophene rings is 1. The van der Waals surface area contributed by atoms with Crippen molar-refractivity contribution in [3.8, 4) is 0 Å². The summed E-state index contributed by atoms with van der Waals surface area (Å²) in [5.41, 5.74) is 2.32. The van der Waals surface area contributed by atoms with Crippen LogP contribution < -0.4 is 11.3 Å². The summed E-state index contributed by atoms with van der Waals surface area (Å²) >= 11 is 1.60. The molecule has 108 valence electrons. The highest BCUT2D eigenvalue weighted by atomic mass is 32.1. The molecule has 1 aliphatic rings. The number of hydrazine groups is 1. The first-order valence-electron chi connectivity index (χ1n) is 6.96. The number of fused-ring (bicyclic) bond motifs is 1. The average molecular weight is 292 g/mol. The molecule has 20 heavy (non-hydrogen) atoms. The lowest BCUT2D eigenvalue weighted by Crippen LogP contribution is -2.35. The minimum atomic E-state index is -0.365. The summed E-state index contributed by atoms with van der Waals surface area (Å²) in [5, 5.41) is 2.98. The predicted molar refractivity (Wildman–Crippen MR) is 81.5 cm³/mol. The average Bonchev–Trinajstić information content (AvgIpc) is 2.96. The largest absolute Gasteiger partial charge is 0.370 e. The smallest absolute Gasteiger partial charge is 0.164 e. The van der Waals surface area contributed by atoms with Crippen LogP contribution in [0.3, 0.4) is 0 Å². The number of nitrogens with zero attached hydrogens (tertiary/aromatic N) is 2. The highest BCUT2D eigenvalue weighted by molar-refractivity contribution is 7.16. The van der Waals surface area contributed by atoms with Crippen LogP contribution in [-0.2, 0) is 10.3 Å². The van der Waals surface area contributed by atoms with Gasteiger partial charge in [-0.1, -0.05) is 6.92 Å². The van der Waals surface area contributed by atoms with Gasteiger partial charge in [0.2, 0.25) is 0 Å². The molecule has 2 aromatic heterocycles. The van der Waals surface area contributed by atoms with Gasteiger partial charge in [0, 0.05) is 7.11 Å². The van der Waals surface area contributed by atoms with E-state index in [-0.39, 0.29) is 5.60 Å². The van der Waals surface area contributed by atoms with Crippen LogP contribution in [0, 0.1) is 5.92 Å². The van der Waals surface area contributed by atoms with E-state index in [9.17, 15) is 0 Å². The fraction of sp³-hybridized carbons (Fsp3) is 0.571. The molecule has 3 N–H and O–H groups in total. The van der Waals surface area contributed by atoms with Gasteiger partial charge in [-0.05, 0) is 43.0 Å². The first-order chi connectivity index (χ1) is 9.68. The molecule has 0 amide bonds. The second kappa shape index (κ2) is 5.27. The number of nitrogens with two attached hydrogens (primary N) is 1. The topological polar surface area (TPSA) is 73.1 Å². The molecule has 0 bridgehead atoms. The molecular weight excluding hydrogens is 272 g/mol. The normalized spacial score (nSPS) is 26.9. The third-order valence-electron chi connectivity index (χ3n) is 4.34. The Hall–Kier alpha value is -1.24. The minimum Gasteiger partial charge on any atom is -0.370 e. The second-order valence-electron chi connectivity index (χ2n) is 5.56. The number of hydrogen-bond acceptors (Lipinski definition) is 6. The molecule has 0 radical (unpaired) electrons. The molecule has 1 aliphatic carbocycles. The van der Waals surface area contributed by atoms with E-state index in [1.165, 1.54) is 0 Å². The van der Waals surface area contributed by atoms with Crippen LogP contribution in [0.15, 0.2) is 11.4 Å². The maximum atomic E-state index is 5.85. The standard InChI is InChI=1S/C14H20N4OS/c1-9-3-6-14(19-2,7-4-9)13-16-11(18-15)10-5-8-20-12(10)17-13/h5,8-9H,3-4,6-7,15H2,1-2H3,(H,16,17,18). The van der Waals surface area contributed by atoms with Gasteiger partial charge in [-0.15, -0.1) is 11.3 Å². The molecule has 3 rings (SSSR count). The van der Waals surface area contributed by atoms with E-state index >= 15 is 0 Å². The van der Waals surface area contributed by atoms with E-state index in [2.05, 4.69) is 17.3 Å². The van der Waals surface area contributed by atoms with Gasteiger partial charge in [0.25, 0.3) is 0 Å². The molecule has 0 aliphatic heterocycles. The lowest BCUT2D eigenvalue weighted by Gasteiger charge is -2.37. The lowest BCUT2D eigenvalue weighted by atomic mass is 9.79. The highest BCUT2D eigenvalue weighted by Gasteiger charge is 2.39. The molecule has 6 heteroatoms. The Kier molecular flexibility index (Phi) is 3.62. The Balaban J connectivity index is 2.07. The van der Waals surface area contributed by atoms with Crippen LogP contribution in [0.5, 0.6) is 0 Å². The summed E-state index contributed by atoms with van der Waals surface area (Å²) in [7, 11) is 1.76. The van der Waals surface area contributed by atoms with Crippen molar-refractivity contribution >= 4 is 27.4 Å². The van der Waals surface area contributed by atoms with E-state index in [0.717, 1.165) is 47.6 Å². The van der Waals surface area contributed by atoms with Gasteiger partial charge in [-0.25, -0.2) is 15.8 Å². The number of rotatable bonds is 3. The first kappa shape index (κ1) is 13.7. The Bertz CT molecular complexity index is 604. The maximum absolute atomic E-state index is 5.85. The number of aromatic nitrogens is 2. The van der Waals surface area contributed by atoms with Crippen LogP contribution >= 0.6 is 11.3 Å². The molecule has 5 nitrogen and oxygen atoms in total. The van der Waals surface area contributed by atoms with Crippen molar-refractivity contribution in [1.82, 2.24) is 9.97 Å². The first-order valence-corrected chi connectivity index (χ1v) is 7.84. The van der Waals surface area contributed by atoms with Gasteiger partial charge in [0.05, 0.1) is 5.39 Å². The van der Waals surface area contributed by atoms with Crippen molar-refractivity contribution in [2.75, 3.05) is 12.5 Å². The molecule has 0 saturated heterocycles. The third kappa shape index (κ3) is 2.17. The van der Waals surface area contributed by atoms with Crippen molar-refractivity contribution < 1.29 is 4.74 Å². The fourth-order valence-electron chi connectivity index (χ4n) is 2.92. The second-order valence-corrected chi connectivity index (χ2v) is 6.46. The molecule has 2 heterocycles. The van der Waals surface area contributed by atoms with Crippen LogP contribution in [0.1, 0.15) is 38.4 Å². The van der Waals surface area contributed by atoms with Gasteiger partial charge in [-0.3, -0.25) is 0 Å². The zero-order valence-electron chi connectivity index (χ0n) is 11.8. The molecule has 1 fully saturated rings. The number of methoxy groups -OCH3 is 1. The SMILES string of the molecule is COC1(c2nc(NN)c3ccsc3n2)CCC(C)CC1. The van der Waals surface area contributed by atoms with E-state index < -0.39 is 0 Å². The van der Waals surface area contributed by atoms with Crippen LogP contribution in [-0.4, -0.2) is 17.1 Å². The summed E-state index contributed by atoms with van der Waals surface area (Å²) in [6, 6.07) is 1.99.